The molecule has 1 unspecified atom stereocenters. The molecule has 2 aromatic heterocycles. The van der Waals surface area contributed by atoms with Crippen LogP contribution in [0.4, 0.5) is 5.82 Å². The van der Waals surface area contributed by atoms with E-state index in [1.807, 2.05) is 13.8 Å². The predicted octanol–water partition coefficient (Wildman–Crippen LogP) is 4.57. The maximum absolute atomic E-state index is 5.13. The third kappa shape index (κ3) is 4.88. The Labute approximate surface area is 183 Å². The number of piperidine rings is 1. The van der Waals surface area contributed by atoms with Crippen molar-refractivity contribution in [3.63, 3.8) is 0 Å². The van der Waals surface area contributed by atoms with E-state index in [4.69, 9.17) is 4.52 Å². The molecule has 4 heterocycles. The van der Waals surface area contributed by atoms with Crippen LogP contribution in [0.3, 0.4) is 0 Å². The van der Waals surface area contributed by atoms with Crippen molar-refractivity contribution in [1.82, 2.24) is 19.8 Å². The number of nitrogens with one attached hydrogen (secondary N) is 1. The van der Waals surface area contributed by atoms with Crippen LogP contribution >= 0.6 is 20.5 Å². The largest absolute Gasteiger partial charge is 0.360 e. The lowest BCUT2D eigenvalue weighted by Gasteiger charge is -2.28. The highest BCUT2D eigenvalue weighted by molar-refractivity contribution is 7.97. The van der Waals surface area contributed by atoms with Crippen molar-refractivity contribution in [2.75, 3.05) is 24.2 Å². The van der Waals surface area contributed by atoms with E-state index < -0.39 is 0 Å². The summed E-state index contributed by atoms with van der Waals surface area (Å²) in [6.07, 6.45) is 10.3. The molecule has 0 spiro atoms. The normalized spacial score (nSPS) is 17.6. The first-order chi connectivity index (χ1) is 14.6. The number of hydrogen-bond donors (Lipinski definition) is 1. The lowest BCUT2D eigenvalue weighted by molar-refractivity contribution is 0.394. The molecule has 0 radical (unpaired) electrons. The van der Waals surface area contributed by atoms with Crippen molar-refractivity contribution in [2.45, 2.75) is 44.9 Å². The fraction of sp³-hybridized carbons (Fsp3) is 0.409. The fourth-order valence-corrected chi connectivity index (χ4v) is 5.21. The minimum Gasteiger partial charge on any atom is -0.360 e. The molecule has 0 aliphatic carbocycles. The molecule has 8 heteroatoms. The first kappa shape index (κ1) is 21.0. The molecule has 2 aliphatic rings. The number of nitrogens with zero attached hydrogens (tertiary/aromatic N) is 4. The zero-order valence-electron chi connectivity index (χ0n) is 17.6. The van der Waals surface area contributed by atoms with Crippen LogP contribution < -0.4 is 9.62 Å². The van der Waals surface area contributed by atoms with Crippen molar-refractivity contribution in [1.29, 1.82) is 0 Å². The van der Waals surface area contributed by atoms with E-state index in [0.29, 0.717) is 0 Å². The van der Waals surface area contributed by atoms with Gasteiger partial charge in [0.1, 0.15) is 17.9 Å². The molecule has 0 aromatic carbocycles. The Hall–Kier alpha value is -2.29. The quantitative estimate of drug-likeness (QED) is 0.425. The highest BCUT2D eigenvalue weighted by Crippen LogP contribution is 2.34. The summed E-state index contributed by atoms with van der Waals surface area (Å²) in [6.45, 7) is 8.20. The van der Waals surface area contributed by atoms with E-state index in [1.165, 1.54) is 36.5 Å². The molecular weight excluding hydrogens is 413 g/mol. The Kier molecular flexibility index (Phi) is 6.76. The minimum absolute atomic E-state index is 0.727. The van der Waals surface area contributed by atoms with Gasteiger partial charge >= 0.3 is 0 Å². The number of allylic oxidation sites excluding steroid dienone is 3. The van der Waals surface area contributed by atoms with E-state index >= 15 is 0 Å². The van der Waals surface area contributed by atoms with Crippen LogP contribution in [0.25, 0.3) is 0 Å². The van der Waals surface area contributed by atoms with E-state index in [2.05, 4.69) is 49.6 Å². The van der Waals surface area contributed by atoms with Gasteiger partial charge in [-0.15, -0.1) is 0 Å². The Balaban J connectivity index is 1.54. The van der Waals surface area contributed by atoms with Crippen LogP contribution in [-0.2, 0) is 0 Å². The zero-order valence-corrected chi connectivity index (χ0v) is 19.4. The van der Waals surface area contributed by atoms with Gasteiger partial charge in [0.2, 0.25) is 0 Å². The summed E-state index contributed by atoms with van der Waals surface area (Å²) in [5.74, 6) is 8.61. The van der Waals surface area contributed by atoms with Gasteiger partial charge in [-0.3, -0.25) is 0 Å². The van der Waals surface area contributed by atoms with Crippen LogP contribution in [0, 0.1) is 25.7 Å². The van der Waals surface area contributed by atoms with Crippen molar-refractivity contribution < 1.29 is 4.52 Å². The minimum atomic E-state index is 0.727. The second-order valence-electron chi connectivity index (χ2n) is 7.47. The molecule has 6 nitrogen and oxygen atoms in total. The monoisotopic (exact) mass is 439 g/mol. The molecule has 1 atom stereocenters. The van der Waals surface area contributed by atoms with Crippen LogP contribution in [0.2, 0.25) is 0 Å². The van der Waals surface area contributed by atoms with E-state index in [0.717, 1.165) is 66.8 Å². The Morgan fingerprint density at radius 3 is 2.73 bits per heavy atom. The first-order valence-electron chi connectivity index (χ1n) is 10.2. The van der Waals surface area contributed by atoms with Crippen molar-refractivity contribution in [3.05, 3.63) is 52.2 Å². The molecule has 4 rings (SSSR count). The molecule has 1 saturated heterocycles. The summed E-state index contributed by atoms with van der Waals surface area (Å²) in [5.41, 5.74) is 4.16. The molecule has 0 saturated carbocycles. The van der Waals surface area contributed by atoms with Gasteiger partial charge in [0.05, 0.1) is 22.3 Å². The molecule has 0 amide bonds. The van der Waals surface area contributed by atoms with Crippen LogP contribution in [0.5, 0.6) is 0 Å². The molecule has 0 bridgehead atoms. The van der Waals surface area contributed by atoms with Crippen molar-refractivity contribution in [3.8, 4) is 11.8 Å². The summed E-state index contributed by atoms with van der Waals surface area (Å²) in [6, 6.07) is 0. The van der Waals surface area contributed by atoms with Gasteiger partial charge in [-0.2, -0.15) is 0 Å². The second kappa shape index (κ2) is 9.68. The molecule has 1 N–H and O–H groups in total. The summed E-state index contributed by atoms with van der Waals surface area (Å²) >= 11 is 1.53. The molecule has 1 fully saturated rings. The number of rotatable bonds is 4. The zero-order chi connectivity index (χ0) is 20.9. The summed E-state index contributed by atoms with van der Waals surface area (Å²) in [5, 5.41) is 5.19. The average molecular weight is 440 g/mol. The maximum atomic E-state index is 5.13. The number of aryl methyl sites for hydroxylation is 2. The lowest BCUT2D eigenvalue weighted by Crippen LogP contribution is -2.31. The van der Waals surface area contributed by atoms with Crippen LogP contribution in [0.1, 0.15) is 43.2 Å². The van der Waals surface area contributed by atoms with Crippen molar-refractivity contribution in [2.24, 2.45) is 0 Å². The van der Waals surface area contributed by atoms with Gasteiger partial charge in [-0.25, -0.2) is 9.97 Å². The van der Waals surface area contributed by atoms with Gasteiger partial charge < -0.3 is 14.1 Å². The van der Waals surface area contributed by atoms with Crippen LogP contribution in [0.15, 0.2) is 44.6 Å². The molecule has 30 heavy (non-hydrogen) atoms. The third-order valence-corrected chi connectivity index (χ3v) is 7.56. The number of aromatic nitrogens is 3. The molecule has 2 aliphatic heterocycles. The van der Waals surface area contributed by atoms with Gasteiger partial charge in [-0.05, 0) is 63.4 Å². The molecule has 2 aromatic rings. The Morgan fingerprint density at radius 1 is 1.13 bits per heavy atom. The highest BCUT2D eigenvalue weighted by Gasteiger charge is 2.17. The van der Waals surface area contributed by atoms with E-state index in [-0.39, 0.29) is 0 Å². The van der Waals surface area contributed by atoms with Gasteiger partial charge in [-0.1, -0.05) is 25.6 Å². The summed E-state index contributed by atoms with van der Waals surface area (Å²) in [4.78, 5) is 12.3. The Bertz CT molecular complexity index is 1040. The van der Waals surface area contributed by atoms with Gasteiger partial charge in [0.15, 0.2) is 0 Å². The predicted molar refractivity (Wildman–Crippen MR) is 124 cm³/mol. The SMILES string of the molecule is CC1=C(NSc2cnoc2C)C=C(C#Cc2c(C)ncnc2N2CCCCC2)CP1. The second-order valence-corrected chi connectivity index (χ2v) is 9.77. The number of anilines is 1. The third-order valence-electron chi connectivity index (χ3n) is 5.26. The first-order valence-corrected chi connectivity index (χ1v) is 12.2. The lowest BCUT2D eigenvalue weighted by atomic mass is 10.1. The molecular formula is C22H26N5OPS. The van der Waals surface area contributed by atoms with E-state index in [1.54, 1.807) is 12.5 Å². The highest BCUT2D eigenvalue weighted by atomic mass is 32.2. The van der Waals surface area contributed by atoms with E-state index in [9.17, 15) is 0 Å². The smallest absolute Gasteiger partial charge is 0.148 e. The Morgan fingerprint density at radius 2 is 1.97 bits per heavy atom. The van der Waals surface area contributed by atoms with Crippen molar-refractivity contribution >= 4 is 26.3 Å². The van der Waals surface area contributed by atoms with Gasteiger partial charge in [0, 0.05) is 30.5 Å². The maximum Gasteiger partial charge on any atom is 0.148 e. The van der Waals surface area contributed by atoms with Crippen LogP contribution in [-0.4, -0.2) is 34.4 Å². The number of hydrogen-bond acceptors (Lipinski definition) is 7. The molecule has 156 valence electrons. The standard InChI is InChI=1S/C22H26N5OPS/c1-15-19(22(24-14-23-15)27-9-5-4-6-10-27)8-7-18-11-20(17(3)29-13-18)26-30-21-12-25-28-16(21)2/h11-12,14,26,29H,4-6,9-10,13H2,1-3H3. The fourth-order valence-electron chi connectivity index (χ4n) is 3.44. The summed E-state index contributed by atoms with van der Waals surface area (Å²) in [7, 11) is 0.727. The summed E-state index contributed by atoms with van der Waals surface area (Å²) < 4.78 is 8.58. The average Bonchev–Trinajstić information content (AvgIpc) is 3.18. The van der Waals surface area contributed by atoms with Gasteiger partial charge in [0.25, 0.3) is 0 Å². The topological polar surface area (TPSA) is 67.1 Å².